The van der Waals surface area contributed by atoms with Crippen molar-refractivity contribution in [3.05, 3.63) is 57.5 Å². The molecule has 1 aromatic heterocycles. The molecule has 0 bridgehead atoms. The zero-order chi connectivity index (χ0) is 26.4. The third kappa shape index (κ3) is 4.85. The minimum atomic E-state index is -1.35. The van der Waals surface area contributed by atoms with Crippen LogP contribution in [0.3, 0.4) is 0 Å². The van der Waals surface area contributed by atoms with Gasteiger partial charge < -0.3 is 23.9 Å². The summed E-state index contributed by atoms with van der Waals surface area (Å²) in [6.07, 6.45) is 0.394. The number of aromatic nitrogens is 1. The number of hydrogen-bond acceptors (Lipinski definition) is 5. The van der Waals surface area contributed by atoms with Gasteiger partial charge in [-0.15, -0.1) is 0 Å². The van der Waals surface area contributed by atoms with Crippen molar-refractivity contribution >= 4 is 16.7 Å². The van der Waals surface area contributed by atoms with E-state index in [9.17, 15) is 14.7 Å². The molecule has 0 amide bonds. The molecule has 0 spiro atoms. The van der Waals surface area contributed by atoms with Gasteiger partial charge in [0.2, 0.25) is 0 Å². The van der Waals surface area contributed by atoms with Crippen molar-refractivity contribution < 1.29 is 24.1 Å². The molecule has 1 atom stereocenters. The predicted molar refractivity (Wildman–Crippen MR) is 140 cm³/mol. The van der Waals surface area contributed by atoms with E-state index < -0.39 is 17.7 Å². The van der Waals surface area contributed by atoms with Crippen LogP contribution in [0.25, 0.3) is 21.9 Å². The maximum atomic E-state index is 13.6. The second-order valence-corrected chi connectivity index (χ2v) is 10.6. The summed E-state index contributed by atoms with van der Waals surface area (Å²) in [4.78, 5) is 26.2. The second-order valence-electron chi connectivity index (χ2n) is 10.6. The Bertz CT molecular complexity index is 1380. The van der Waals surface area contributed by atoms with Gasteiger partial charge in [-0.3, -0.25) is 4.79 Å². The number of aliphatic carboxylic acids is 1. The van der Waals surface area contributed by atoms with E-state index in [0.29, 0.717) is 34.4 Å². The fourth-order valence-corrected chi connectivity index (χ4v) is 4.91. The Morgan fingerprint density at radius 1 is 1.14 bits per heavy atom. The minimum Gasteiger partial charge on any atom is -0.493 e. The van der Waals surface area contributed by atoms with Gasteiger partial charge in [0.15, 0.2) is 6.10 Å². The predicted octanol–water partition coefficient (Wildman–Crippen LogP) is 5.57. The molecule has 7 heteroatoms. The summed E-state index contributed by atoms with van der Waals surface area (Å²) in [7, 11) is 1.61. The molecule has 3 aromatic rings. The Hall–Kier alpha value is -3.32. The summed E-state index contributed by atoms with van der Waals surface area (Å²) in [5.41, 5.74) is 2.90. The van der Waals surface area contributed by atoms with E-state index in [1.807, 2.05) is 45.0 Å². The average molecular weight is 494 g/mol. The van der Waals surface area contributed by atoms with Gasteiger partial charge >= 0.3 is 5.97 Å². The van der Waals surface area contributed by atoms with Crippen LogP contribution in [-0.4, -0.2) is 34.0 Å². The smallest absolute Gasteiger partial charge is 0.339 e. The van der Waals surface area contributed by atoms with Gasteiger partial charge in [-0.2, -0.15) is 0 Å². The first kappa shape index (κ1) is 25.8. The van der Waals surface area contributed by atoms with Crippen LogP contribution in [0.5, 0.6) is 11.5 Å². The molecule has 0 saturated carbocycles. The zero-order valence-electron chi connectivity index (χ0n) is 22.1. The Morgan fingerprint density at radius 2 is 1.86 bits per heavy atom. The summed E-state index contributed by atoms with van der Waals surface area (Å²) in [6, 6.07) is 9.30. The summed E-state index contributed by atoms with van der Waals surface area (Å²) in [5, 5.41) is 11.4. The highest BCUT2D eigenvalue weighted by Gasteiger charge is 2.34. The molecule has 0 aliphatic carbocycles. The van der Waals surface area contributed by atoms with Crippen molar-refractivity contribution in [1.82, 2.24) is 4.57 Å². The van der Waals surface area contributed by atoms with Gasteiger partial charge in [-0.05, 0) is 101 Å². The van der Waals surface area contributed by atoms with Gasteiger partial charge in [0, 0.05) is 12.6 Å². The molecular formula is C29H35NO6. The van der Waals surface area contributed by atoms with E-state index >= 15 is 0 Å². The van der Waals surface area contributed by atoms with E-state index in [0.717, 1.165) is 35.3 Å². The molecule has 1 N–H and O–H groups in total. The van der Waals surface area contributed by atoms with Crippen molar-refractivity contribution in [2.24, 2.45) is 7.05 Å². The summed E-state index contributed by atoms with van der Waals surface area (Å²) in [6.45, 7) is 12.0. The first-order valence-corrected chi connectivity index (χ1v) is 12.4. The van der Waals surface area contributed by atoms with Crippen molar-refractivity contribution in [3.63, 3.8) is 0 Å². The minimum absolute atomic E-state index is 0.0514. The van der Waals surface area contributed by atoms with Crippen LogP contribution in [0.15, 0.2) is 35.1 Å². The molecule has 7 nitrogen and oxygen atoms in total. The Morgan fingerprint density at radius 3 is 2.50 bits per heavy atom. The maximum Gasteiger partial charge on any atom is 0.339 e. The number of carboxylic acids is 1. The highest BCUT2D eigenvalue weighted by atomic mass is 16.5. The standard InChI is InChI=1S/C29H35NO6/c1-16(2)35-18-10-11-21-22(15-18)27(31)30(7)25(26(28(32)33)36-29(4,5)6)24(21)20-12-13-23-19(17(20)3)9-8-14-34-23/h10-13,15-16,26H,8-9,14H2,1-7H3,(H,32,33). The van der Waals surface area contributed by atoms with Crippen molar-refractivity contribution in [1.29, 1.82) is 0 Å². The first-order valence-electron chi connectivity index (χ1n) is 12.4. The number of nitrogens with zero attached hydrogens (tertiary/aromatic N) is 1. The molecule has 2 heterocycles. The SMILES string of the molecule is Cc1c(-c2c(C(OC(C)(C)C)C(=O)O)n(C)c(=O)c3cc(OC(C)C)ccc23)ccc2c1CCCO2. The lowest BCUT2D eigenvalue weighted by molar-refractivity contribution is -0.161. The molecule has 0 radical (unpaired) electrons. The molecule has 0 fully saturated rings. The third-order valence-corrected chi connectivity index (χ3v) is 6.38. The van der Waals surface area contributed by atoms with Gasteiger partial charge in [0.1, 0.15) is 11.5 Å². The number of carboxylic acid groups (broad SMARTS) is 1. The lowest BCUT2D eigenvalue weighted by atomic mass is 9.88. The molecule has 0 saturated heterocycles. The lowest BCUT2D eigenvalue weighted by Gasteiger charge is -2.29. The largest absolute Gasteiger partial charge is 0.493 e. The van der Waals surface area contributed by atoms with E-state index in [2.05, 4.69) is 0 Å². The summed E-state index contributed by atoms with van der Waals surface area (Å²) < 4.78 is 19.2. The maximum absolute atomic E-state index is 13.6. The molecular weight excluding hydrogens is 458 g/mol. The summed E-state index contributed by atoms with van der Waals surface area (Å²) in [5.74, 6) is 0.287. The highest BCUT2D eigenvalue weighted by molar-refractivity contribution is 6.00. The van der Waals surface area contributed by atoms with Crippen molar-refractivity contribution in [2.75, 3.05) is 6.61 Å². The number of pyridine rings is 1. The van der Waals surface area contributed by atoms with Crippen molar-refractivity contribution in [2.45, 2.75) is 72.2 Å². The normalized spacial score (nSPS) is 14.4. The monoisotopic (exact) mass is 493 g/mol. The number of fused-ring (bicyclic) bond motifs is 2. The summed E-state index contributed by atoms with van der Waals surface area (Å²) >= 11 is 0. The fraction of sp³-hybridized carbons (Fsp3) is 0.448. The lowest BCUT2D eigenvalue weighted by Crippen LogP contribution is -2.33. The Balaban J connectivity index is 2.11. The first-order chi connectivity index (χ1) is 16.9. The van der Waals surface area contributed by atoms with Crippen LogP contribution >= 0.6 is 0 Å². The van der Waals surface area contributed by atoms with Gasteiger partial charge in [0.25, 0.3) is 5.56 Å². The number of hydrogen-bond donors (Lipinski definition) is 1. The van der Waals surface area contributed by atoms with Crippen LogP contribution in [0.2, 0.25) is 0 Å². The number of rotatable bonds is 6. The van der Waals surface area contributed by atoms with E-state index in [-0.39, 0.29) is 11.7 Å². The van der Waals surface area contributed by atoms with Crippen molar-refractivity contribution in [3.8, 4) is 22.6 Å². The van der Waals surface area contributed by atoms with E-state index in [1.165, 1.54) is 4.57 Å². The number of benzene rings is 2. The van der Waals surface area contributed by atoms with Crippen LogP contribution in [-0.2, 0) is 23.0 Å². The average Bonchev–Trinajstić information content (AvgIpc) is 2.80. The molecule has 1 aliphatic rings. The molecule has 1 aliphatic heterocycles. The van der Waals surface area contributed by atoms with E-state index in [1.54, 1.807) is 33.9 Å². The van der Waals surface area contributed by atoms with Crippen LogP contribution in [0.1, 0.15) is 64.0 Å². The molecule has 2 aromatic carbocycles. The molecule has 1 unspecified atom stereocenters. The number of ether oxygens (including phenoxy) is 3. The second kappa shape index (κ2) is 9.62. The fourth-order valence-electron chi connectivity index (χ4n) is 4.91. The quantitative estimate of drug-likeness (QED) is 0.483. The Kier molecular flexibility index (Phi) is 6.88. The van der Waals surface area contributed by atoms with Gasteiger partial charge in [-0.1, -0.05) is 6.07 Å². The third-order valence-electron chi connectivity index (χ3n) is 6.38. The van der Waals surface area contributed by atoms with Gasteiger partial charge in [-0.25, -0.2) is 4.79 Å². The molecule has 36 heavy (non-hydrogen) atoms. The van der Waals surface area contributed by atoms with Crippen LogP contribution in [0.4, 0.5) is 0 Å². The topological polar surface area (TPSA) is 87.0 Å². The molecule has 4 rings (SSSR count). The molecule has 192 valence electrons. The Labute approximate surface area is 211 Å². The zero-order valence-corrected chi connectivity index (χ0v) is 22.1. The van der Waals surface area contributed by atoms with Gasteiger partial charge in [0.05, 0.1) is 29.4 Å². The van der Waals surface area contributed by atoms with Crippen LogP contribution < -0.4 is 15.0 Å². The number of carbonyl (C=O) groups is 1. The highest BCUT2D eigenvalue weighted by Crippen LogP contribution is 2.42. The van der Waals surface area contributed by atoms with E-state index in [4.69, 9.17) is 14.2 Å². The van der Waals surface area contributed by atoms with Crippen LogP contribution in [0, 0.1) is 6.92 Å².